The molecule has 2 aromatic carbocycles. The van der Waals surface area contributed by atoms with E-state index in [4.69, 9.17) is 0 Å². The molecule has 0 fully saturated rings. The van der Waals surface area contributed by atoms with Crippen LogP contribution in [-0.4, -0.2) is 14.7 Å². The number of pyridine rings is 2. The molecule has 0 bridgehead atoms. The molecule has 0 saturated carbocycles. The summed E-state index contributed by atoms with van der Waals surface area (Å²) in [4.78, 5) is 17.1. The van der Waals surface area contributed by atoms with Crippen LogP contribution in [0.25, 0.3) is 11.1 Å². The Hall–Kier alpha value is -4.57. The standard InChI is InChI=1S/C25H19N5O2/c1-17-22(14-26)24(31)30(16-18-6-5-13-27-15-18)25(32)23(17)29-28-21-11-9-20(10-12-21)19-7-3-2-4-8-19/h2-13,15,31H,16H2,1H3. The van der Waals surface area contributed by atoms with E-state index in [-0.39, 0.29) is 23.4 Å². The van der Waals surface area contributed by atoms with Gasteiger partial charge in [0.2, 0.25) is 5.88 Å². The predicted octanol–water partition coefficient (Wildman–Crippen LogP) is 5.26. The quantitative estimate of drug-likeness (QED) is 0.444. The minimum absolute atomic E-state index is 0.00961. The second-order valence-electron chi connectivity index (χ2n) is 7.15. The third kappa shape index (κ3) is 4.16. The average Bonchev–Trinajstić information content (AvgIpc) is 2.84. The number of azo groups is 1. The normalized spacial score (nSPS) is 10.9. The summed E-state index contributed by atoms with van der Waals surface area (Å²) < 4.78 is 1.11. The Bertz CT molecular complexity index is 1370. The van der Waals surface area contributed by atoms with Crippen molar-refractivity contribution in [3.63, 3.8) is 0 Å². The van der Waals surface area contributed by atoms with E-state index in [9.17, 15) is 15.2 Å². The number of benzene rings is 2. The highest BCUT2D eigenvalue weighted by Crippen LogP contribution is 2.28. The summed E-state index contributed by atoms with van der Waals surface area (Å²) in [6, 6.07) is 22.9. The van der Waals surface area contributed by atoms with Gasteiger partial charge in [0.1, 0.15) is 11.6 Å². The molecule has 2 heterocycles. The first kappa shape index (κ1) is 20.7. The first-order valence-electron chi connectivity index (χ1n) is 9.91. The van der Waals surface area contributed by atoms with E-state index in [1.807, 2.05) is 48.5 Å². The van der Waals surface area contributed by atoms with Crippen molar-refractivity contribution < 1.29 is 5.11 Å². The molecule has 2 aromatic heterocycles. The Kier molecular flexibility index (Phi) is 5.86. The molecule has 0 radical (unpaired) electrons. The molecule has 1 N–H and O–H groups in total. The van der Waals surface area contributed by atoms with E-state index in [0.717, 1.165) is 15.7 Å². The average molecular weight is 421 g/mol. The summed E-state index contributed by atoms with van der Waals surface area (Å²) in [5.41, 5.74) is 3.14. The van der Waals surface area contributed by atoms with Crippen LogP contribution < -0.4 is 5.56 Å². The molecule has 4 rings (SSSR count). The van der Waals surface area contributed by atoms with Gasteiger partial charge in [-0.2, -0.15) is 10.4 Å². The molecule has 0 unspecified atom stereocenters. The molecule has 0 aliphatic carbocycles. The molecule has 7 heteroatoms. The molecule has 156 valence electrons. The molecule has 32 heavy (non-hydrogen) atoms. The number of rotatable bonds is 5. The molecule has 0 aliphatic rings. The van der Waals surface area contributed by atoms with E-state index in [0.29, 0.717) is 11.3 Å². The zero-order chi connectivity index (χ0) is 22.5. The summed E-state index contributed by atoms with van der Waals surface area (Å²) in [5.74, 6) is -0.398. The van der Waals surface area contributed by atoms with Crippen LogP contribution in [0.4, 0.5) is 11.4 Å². The fourth-order valence-electron chi connectivity index (χ4n) is 3.34. The van der Waals surface area contributed by atoms with Crippen molar-refractivity contribution in [2.24, 2.45) is 10.2 Å². The smallest absolute Gasteiger partial charge is 0.281 e. The number of aromatic hydroxyl groups is 1. The van der Waals surface area contributed by atoms with Gasteiger partial charge < -0.3 is 5.11 Å². The molecule has 4 aromatic rings. The Labute approximate surface area is 184 Å². The topological polar surface area (TPSA) is 104 Å². The minimum Gasteiger partial charge on any atom is -0.493 e. The van der Waals surface area contributed by atoms with Crippen LogP contribution in [0.15, 0.2) is 94.1 Å². The molecule has 0 amide bonds. The van der Waals surface area contributed by atoms with Gasteiger partial charge in [-0.05, 0) is 41.8 Å². The van der Waals surface area contributed by atoms with Gasteiger partial charge in [-0.25, -0.2) is 0 Å². The van der Waals surface area contributed by atoms with E-state index in [1.165, 1.54) is 0 Å². The van der Waals surface area contributed by atoms with Crippen LogP contribution in [0.1, 0.15) is 16.7 Å². The summed E-state index contributed by atoms with van der Waals surface area (Å²) in [5, 5.41) is 28.4. The first-order valence-corrected chi connectivity index (χ1v) is 9.91. The van der Waals surface area contributed by atoms with Crippen LogP contribution >= 0.6 is 0 Å². The van der Waals surface area contributed by atoms with E-state index in [2.05, 4.69) is 15.2 Å². The zero-order valence-electron chi connectivity index (χ0n) is 17.3. The van der Waals surface area contributed by atoms with Gasteiger partial charge >= 0.3 is 0 Å². The first-order chi connectivity index (χ1) is 15.6. The lowest BCUT2D eigenvalue weighted by Crippen LogP contribution is -2.22. The van der Waals surface area contributed by atoms with Gasteiger partial charge in [0.25, 0.3) is 5.56 Å². The lowest BCUT2D eigenvalue weighted by atomic mass is 10.1. The van der Waals surface area contributed by atoms with Crippen molar-refractivity contribution in [2.45, 2.75) is 13.5 Å². The number of nitrogens with zero attached hydrogens (tertiary/aromatic N) is 5. The second kappa shape index (κ2) is 9.06. The van der Waals surface area contributed by atoms with Crippen LogP contribution in [0.2, 0.25) is 0 Å². The minimum atomic E-state index is -0.535. The van der Waals surface area contributed by atoms with E-state index < -0.39 is 11.4 Å². The summed E-state index contributed by atoms with van der Waals surface area (Å²) in [6.07, 6.45) is 3.21. The van der Waals surface area contributed by atoms with Crippen LogP contribution in [0.3, 0.4) is 0 Å². The third-order valence-corrected chi connectivity index (χ3v) is 5.07. The van der Waals surface area contributed by atoms with Crippen molar-refractivity contribution in [1.82, 2.24) is 9.55 Å². The zero-order valence-corrected chi connectivity index (χ0v) is 17.3. The molecule has 0 spiro atoms. The highest BCUT2D eigenvalue weighted by molar-refractivity contribution is 5.65. The number of hydrogen-bond acceptors (Lipinski definition) is 6. The summed E-state index contributed by atoms with van der Waals surface area (Å²) >= 11 is 0. The Morgan fingerprint density at radius 3 is 2.38 bits per heavy atom. The molecule has 7 nitrogen and oxygen atoms in total. The number of aromatic nitrogens is 2. The molecular formula is C25H19N5O2. The second-order valence-corrected chi connectivity index (χ2v) is 7.15. The van der Waals surface area contributed by atoms with Crippen LogP contribution in [0.5, 0.6) is 5.88 Å². The summed E-state index contributed by atoms with van der Waals surface area (Å²) in [7, 11) is 0. The third-order valence-electron chi connectivity index (χ3n) is 5.07. The lowest BCUT2D eigenvalue weighted by Gasteiger charge is -2.12. The Morgan fingerprint density at radius 2 is 1.72 bits per heavy atom. The highest BCUT2D eigenvalue weighted by Gasteiger charge is 2.19. The highest BCUT2D eigenvalue weighted by atomic mass is 16.3. The van der Waals surface area contributed by atoms with Crippen molar-refractivity contribution in [1.29, 1.82) is 5.26 Å². The summed E-state index contributed by atoms with van der Waals surface area (Å²) in [6.45, 7) is 1.63. The van der Waals surface area contributed by atoms with Crippen molar-refractivity contribution >= 4 is 11.4 Å². The van der Waals surface area contributed by atoms with Gasteiger partial charge in [-0.3, -0.25) is 14.3 Å². The van der Waals surface area contributed by atoms with Crippen LogP contribution in [-0.2, 0) is 6.54 Å². The van der Waals surface area contributed by atoms with Crippen molar-refractivity contribution in [2.75, 3.05) is 0 Å². The monoisotopic (exact) mass is 421 g/mol. The van der Waals surface area contributed by atoms with E-state index in [1.54, 1.807) is 43.6 Å². The number of nitriles is 1. The largest absolute Gasteiger partial charge is 0.493 e. The Balaban J connectivity index is 1.70. The molecule has 0 atom stereocenters. The maximum Gasteiger partial charge on any atom is 0.281 e. The molecule has 0 aliphatic heterocycles. The van der Waals surface area contributed by atoms with Crippen LogP contribution in [0, 0.1) is 18.3 Å². The van der Waals surface area contributed by atoms with Gasteiger partial charge in [0.05, 0.1) is 12.2 Å². The van der Waals surface area contributed by atoms with Gasteiger partial charge in [0.15, 0.2) is 5.69 Å². The maximum atomic E-state index is 13.1. The van der Waals surface area contributed by atoms with E-state index >= 15 is 0 Å². The predicted molar refractivity (Wildman–Crippen MR) is 121 cm³/mol. The fraction of sp³-hybridized carbons (Fsp3) is 0.0800. The Morgan fingerprint density at radius 1 is 1.00 bits per heavy atom. The van der Waals surface area contributed by atoms with Gasteiger partial charge in [-0.15, -0.1) is 5.11 Å². The van der Waals surface area contributed by atoms with Gasteiger partial charge in [0, 0.05) is 18.0 Å². The lowest BCUT2D eigenvalue weighted by molar-refractivity contribution is 0.412. The van der Waals surface area contributed by atoms with Crippen molar-refractivity contribution in [3.05, 3.63) is 106 Å². The fourth-order valence-corrected chi connectivity index (χ4v) is 3.34. The SMILES string of the molecule is Cc1c(C#N)c(O)n(Cc2cccnc2)c(=O)c1N=Nc1ccc(-c2ccccc2)cc1. The van der Waals surface area contributed by atoms with Crippen molar-refractivity contribution in [3.8, 4) is 23.1 Å². The molecule has 0 saturated heterocycles. The molecular weight excluding hydrogens is 402 g/mol. The van der Waals surface area contributed by atoms with Gasteiger partial charge in [-0.1, -0.05) is 48.5 Å². The maximum absolute atomic E-state index is 13.1. The number of hydrogen-bond donors (Lipinski definition) is 1.